The molecule has 1 aromatic carbocycles. The summed E-state index contributed by atoms with van der Waals surface area (Å²) in [5, 5.41) is 1.49. The minimum Gasteiger partial charge on any atom is -0.444 e. The van der Waals surface area contributed by atoms with Crippen LogP contribution < -0.4 is 0 Å². The quantitative estimate of drug-likeness (QED) is 0.554. The SMILES string of the molecule is Cc1nc(-c2ccc(Cl)cc2)sc1C(=O)C[C@@H]1CCCN(C(=O)OC(C)(C)C)C1. The molecule has 0 radical (unpaired) electrons. The van der Waals surface area contributed by atoms with Gasteiger partial charge >= 0.3 is 6.09 Å². The van der Waals surface area contributed by atoms with Crippen LogP contribution in [0.25, 0.3) is 10.6 Å². The van der Waals surface area contributed by atoms with Crippen LogP contribution in [-0.2, 0) is 4.74 Å². The second-order valence-electron chi connectivity index (χ2n) is 8.50. The molecule has 1 aliphatic rings. The van der Waals surface area contributed by atoms with E-state index in [0.29, 0.717) is 29.4 Å². The summed E-state index contributed by atoms with van der Waals surface area (Å²) in [5.74, 6) is 0.237. The minimum absolute atomic E-state index is 0.0938. The first kappa shape index (κ1) is 21.8. The van der Waals surface area contributed by atoms with Crippen molar-refractivity contribution in [3.63, 3.8) is 0 Å². The molecule has 1 aliphatic heterocycles. The Morgan fingerprint density at radius 1 is 1.28 bits per heavy atom. The smallest absolute Gasteiger partial charge is 0.410 e. The van der Waals surface area contributed by atoms with Gasteiger partial charge in [0.15, 0.2) is 5.78 Å². The fourth-order valence-corrected chi connectivity index (χ4v) is 4.60. The van der Waals surface area contributed by atoms with Gasteiger partial charge in [0.1, 0.15) is 10.6 Å². The number of carbonyl (C=O) groups is 2. The number of nitrogens with zero attached hydrogens (tertiary/aromatic N) is 2. The van der Waals surface area contributed by atoms with Gasteiger partial charge in [0.05, 0.1) is 10.6 Å². The molecule has 29 heavy (non-hydrogen) atoms. The Morgan fingerprint density at radius 2 is 1.97 bits per heavy atom. The van der Waals surface area contributed by atoms with Gasteiger partial charge in [0.25, 0.3) is 0 Å². The molecule has 0 saturated carbocycles. The number of carbonyl (C=O) groups excluding carboxylic acids is 2. The zero-order valence-corrected chi connectivity index (χ0v) is 18.9. The summed E-state index contributed by atoms with van der Waals surface area (Å²) in [6.07, 6.45) is 1.94. The van der Waals surface area contributed by atoms with E-state index in [4.69, 9.17) is 16.3 Å². The van der Waals surface area contributed by atoms with Crippen molar-refractivity contribution in [1.29, 1.82) is 0 Å². The largest absolute Gasteiger partial charge is 0.444 e. The minimum atomic E-state index is -0.516. The van der Waals surface area contributed by atoms with E-state index in [1.807, 2.05) is 52.0 Å². The Bertz CT molecular complexity index is 886. The third kappa shape index (κ3) is 5.80. The van der Waals surface area contributed by atoms with E-state index in [2.05, 4.69) is 4.98 Å². The van der Waals surface area contributed by atoms with E-state index >= 15 is 0 Å². The van der Waals surface area contributed by atoms with E-state index in [-0.39, 0.29) is 17.8 Å². The number of benzene rings is 1. The molecule has 0 unspecified atom stereocenters. The molecule has 0 spiro atoms. The van der Waals surface area contributed by atoms with Crippen LogP contribution in [0.5, 0.6) is 0 Å². The molecule has 0 bridgehead atoms. The Hall–Kier alpha value is -1.92. The summed E-state index contributed by atoms with van der Waals surface area (Å²) < 4.78 is 5.48. The molecule has 0 aliphatic carbocycles. The number of aromatic nitrogens is 1. The van der Waals surface area contributed by atoms with Gasteiger partial charge < -0.3 is 9.64 Å². The molecule has 2 heterocycles. The van der Waals surface area contributed by atoms with Crippen molar-refractivity contribution in [2.75, 3.05) is 13.1 Å². The number of hydrogen-bond acceptors (Lipinski definition) is 5. The predicted octanol–water partition coefficient (Wildman–Crippen LogP) is 5.99. The summed E-state index contributed by atoms with van der Waals surface area (Å²) in [7, 11) is 0. The van der Waals surface area contributed by atoms with Crippen molar-refractivity contribution in [2.45, 2.75) is 52.6 Å². The third-order valence-electron chi connectivity index (χ3n) is 4.79. The van der Waals surface area contributed by atoms with E-state index < -0.39 is 5.60 Å². The van der Waals surface area contributed by atoms with Crippen molar-refractivity contribution in [3.8, 4) is 10.6 Å². The zero-order chi connectivity index (χ0) is 21.2. The van der Waals surface area contributed by atoms with Crippen molar-refractivity contribution < 1.29 is 14.3 Å². The van der Waals surface area contributed by atoms with Gasteiger partial charge in [-0.3, -0.25) is 4.79 Å². The maximum atomic E-state index is 13.0. The van der Waals surface area contributed by atoms with Crippen molar-refractivity contribution >= 4 is 34.8 Å². The molecule has 0 N–H and O–H groups in total. The average Bonchev–Trinajstić information content (AvgIpc) is 3.03. The lowest BCUT2D eigenvalue weighted by molar-refractivity contribution is 0.0161. The molecular formula is C22H27ClN2O3S. The van der Waals surface area contributed by atoms with Gasteiger partial charge in [-0.1, -0.05) is 23.7 Å². The number of piperidine rings is 1. The Morgan fingerprint density at radius 3 is 2.62 bits per heavy atom. The maximum absolute atomic E-state index is 13.0. The molecule has 1 amide bonds. The molecule has 156 valence electrons. The first-order valence-electron chi connectivity index (χ1n) is 9.87. The second-order valence-corrected chi connectivity index (χ2v) is 9.94. The van der Waals surface area contributed by atoms with Crippen LogP contribution in [0, 0.1) is 12.8 Å². The van der Waals surface area contributed by atoms with Gasteiger partial charge in [-0.2, -0.15) is 0 Å². The number of rotatable bonds is 4. The number of aryl methyl sites for hydroxylation is 1. The number of amides is 1. The molecule has 1 saturated heterocycles. The van der Waals surface area contributed by atoms with Crippen LogP contribution >= 0.6 is 22.9 Å². The summed E-state index contributed by atoms with van der Waals surface area (Å²) in [4.78, 5) is 32.3. The van der Waals surface area contributed by atoms with E-state index in [1.165, 1.54) is 11.3 Å². The molecule has 3 rings (SSSR count). The lowest BCUT2D eigenvalue weighted by atomic mass is 9.92. The van der Waals surface area contributed by atoms with Gasteiger partial charge in [-0.25, -0.2) is 9.78 Å². The fourth-order valence-electron chi connectivity index (χ4n) is 3.45. The molecule has 2 aromatic rings. The second kappa shape index (κ2) is 8.84. The number of likely N-dealkylation sites (tertiary alicyclic amines) is 1. The number of hydrogen-bond donors (Lipinski definition) is 0. The molecule has 1 fully saturated rings. The van der Waals surface area contributed by atoms with Crippen molar-refractivity contribution in [3.05, 3.63) is 39.9 Å². The van der Waals surface area contributed by atoms with E-state index in [0.717, 1.165) is 29.1 Å². The monoisotopic (exact) mass is 434 g/mol. The number of halogens is 1. The van der Waals surface area contributed by atoms with Crippen LogP contribution in [0.15, 0.2) is 24.3 Å². The van der Waals surface area contributed by atoms with Crippen LogP contribution in [0.3, 0.4) is 0 Å². The van der Waals surface area contributed by atoms with Gasteiger partial charge in [0.2, 0.25) is 0 Å². The van der Waals surface area contributed by atoms with Crippen LogP contribution in [0.1, 0.15) is 55.4 Å². The summed E-state index contributed by atoms with van der Waals surface area (Å²) >= 11 is 7.38. The summed E-state index contributed by atoms with van der Waals surface area (Å²) in [6, 6.07) is 7.47. The van der Waals surface area contributed by atoms with Crippen LogP contribution in [0.2, 0.25) is 5.02 Å². The zero-order valence-electron chi connectivity index (χ0n) is 17.3. The van der Waals surface area contributed by atoms with Gasteiger partial charge in [-0.05, 0) is 58.6 Å². The lowest BCUT2D eigenvalue weighted by Crippen LogP contribution is -2.43. The average molecular weight is 435 g/mol. The van der Waals surface area contributed by atoms with Crippen LogP contribution in [0.4, 0.5) is 4.79 Å². The molecule has 1 aromatic heterocycles. The number of Topliss-reactive ketones (excluding diaryl/α,β-unsaturated/α-hetero) is 1. The van der Waals surface area contributed by atoms with E-state index in [9.17, 15) is 9.59 Å². The summed E-state index contributed by atoms with van der Waals surface area (Å²) in [5.41, 5.74) is 1.19. The standard InChI is InChI=1S/C22H27ClN2O3S/c1-14-19(29-20(24-14)16-7-9-17(23)10-8-16)18(26)12-15-6-5-11-25(13-15)21(27)28-22(2,3)4/h7-10,15H,5-6,11-13H2,1-4H3/t15-/m0/s1. The van der Waals surface area contributed by atoms with Crippen LogP contribution in [-0.4, -0.2) is 40.5 Å². The molecule has 1 atom stereocenters. The Balaban J connectivity index is 1.65. The highest BCUT2D eigenvalue weighted by atomic mass is 35.5. The topological polar surface area (TPSA) is 59.5 Å². The van der Waals surface area contributed by atoms with Gasteiger partial charge in [0, 0.05) is 30.1 Å². The maximum Gasteiger partial charge on any atom is 0.410 e. The molecule has 7 heteroatoms. The Kier molecular flexibility index (Phi) is 6.64. The fraction of sp³-hybridized carbons (Fsp3) is 0.500. The highest BCUT2D eigenvalue weighted by Gasteiger charge is 2.29. The first-order chi connectivity index (χ1) is 13.6. The van der Waals surface area contributed by atoms with Crippen molar-refractivity contribution in [1.82, 2.24) is 9.88 Å². The highest BCUT2D eigenvalue weighted by Crippen LogP contribution is 2.31. The molecular weight excluding hydrogens is 408 g/mol. The normalized spacial score (nSPS) is 17.3. The first-order valence-corrected chi connectivity index (χ1v) is 11.1. The van der Waals surface area contributed by atoms with E-state index in [1.54, 1.807) is 4.90 Å². The third-order valence-corrected chi connectivity index (χ3v) is 6.29. The number of thiazole rings is 1. The highest BCUT2D eigenvalue weighted by molar-refractivity contribution is 7.17. The van der Waals surface area contributed by atoms with Gasteiger partial charge in [-0.15, -0.1) is 11.3 Å². The Labute approximate surface area is 181 Å². The molecule has 5 nitrogen and oxygen atoms in total. The number of ketones is 1. The summed E-state index contributed by atoms with van der Waals surface area (Å²) in [6.45, 7) is 8.70. The number of ether oxygens (including phenoxy) is 1. The predicted molar refractivity (Wildman–Crippen MR) is 117 cm³/mol. The van der Waals surface area contributed by atoms with Crippen molar-refractivity contribution in [2.24, 2.45) is 5.92 Å². The lowest BCUT2D eigenvalue weighted by Gasteiger charge is -2.33.